The highest BCUT2D eigenvalue weighted by Crippen LogP contribution is 2.25. The number of halogens is 1. The van der Waals surface area contributed by atoms with Crippen molar-refractivity contribution in [1.29, 1.82) is 0 Å². The number of amides is 2. The van der Waals surface area contributed by atoms with E-state index in [2.05, 4.69) is 10.0 Å². The van der Waals surface area contributed by atoms with Crippen molar-refractivity contribution >= 4 is 45.2 Å². The predicted molar refractivity (Wildman–Crippen MR) is 128 cm³/mol. The van der Waals surface area contributed by atoms with Crippen LogP contribution in [0.4, 0.5) is 5.69 Å². The summed E-state index contributed by atoms with van der Waals surface area (Å²) in [6.45, 7) is 1.05. The van der Waals surface area contributed by atoms with Gasteiger partial charge in [0.05, 0.1) is 21.5 Å². The lowest BCUT2D eigenvalue weighted by Gasteiger charge is -2.31. The Kier molecular flexibility index (Phi) is 7.05. The zero-order valence-corrected chi connectivity index (χ0v) is 19.6. The van der Waals surface area contributed by atoms with Gasteiger partial charge in [-0.1, -0.05) is 35.9 Å². The molecule has 0 spiro atoms. The van der Waals surface area contributed by atoms with Crippen LogP contribution < -0.4 is 10.0 Å². The number of carbonyl (C=O) groups excluding carboxylic acids is 2. The van der Waals surface area contributed by atoms with Crippen LogP contribution in [0.15, 0.2) is 59.5 Å². The van der Waals surface area contributed by atoms with Crippen molar-refractivity contribution in [2.24, 2.45) is 5.92 Å². The highest BCUT2D eigenvalue weighted by Gasteiger charge is 2.31. The van der Waals surface area contributed by atoms with E-state index < -0.39 is 10.0 Å². The Morgan fingerprint density at radius 3 is 2.45 bits per heavy atom. The first-order chi connectivity index (χ1) is 15.8. The molecule has 4 rings (SSSR count). The van der Waals surface area contributed by atoms with Crippen LogP contribution in [0.25, 0.3) is 6.08 Å². The minimum atomic E-state index is -3.79. The van der Waals surface area contributed by atoms with E-state index in [9.17, 15) is 18.0 Å². The fraction of sp³-hybridized carbons (Fsp3) is 0.333. The fourth-order valence-electron chi connectivity index (χ4n) is 3.72. The normalized spacial score (nSPS) is 18.8. The van der Waals surface area contributed by atoms with Gasteiger partial charge in [-0.05, 0) is 61.6 Å². The summed E-state index contributed by atoms with van der Waals surface area (Å²) in [7, 11) is -3.79. The molecule has 1 heterocycles. The molecule has 7 nitrogen and oxygen atoms in total. The molecule has 0 aromatic heterocycles. The summed E-state index contributed by atoms with van der Waals surface area (Å²) in [6.07, 6.45) is 6.79. The number of benzene rings is 2. The van der Waals surface area contributed by atoms with Gasteiger partial charge in [0.15, 0.2) is 0 Å². The largest absolute Gasteiger partial charge is 0.353 e. The predicted octanol–water partition coefficient (Wildman–Crippen LogP) is 3.67. The maximum Gasteiger partial charge on any atom is 0.261 e. The van der Waals surface area contributed by atoms with Crippen LogP contribution in [-0.4, -0.2) is 44.3 Å². The van der Waals surface area contributed by atoms with Crippen molar-refractivity contribution in [2.75, 3.05) is 17.8 Å². The van der Waals surface area contributed by atoms with E-state index in [-0.39, 0.29) is 22.6 Å². The number of hydrogen-bond acceptors (Lipinski definition) is 4. The first kappa shape index (κ1) is 23.3. The lowest BCUT2D eigenvalue weighted by molar-refractivity contribution is -0.132. The summed E-state index contributed by atoms with van der Waals surface area (Å²) in [5, 5.41) is 3.33. The van der Waals surface area contributed by atoms with E-state index in [1.54, 1.807) is 47.4 Å². The highest BCUT2D eigenvalue weighted by atomic mass is 35.5. The average molecular weight is 488 g/mol. The van der Waals surface area contributed by atoms with Crippen molar-refractivity contribution in [3.8, 4) is 0 Å². The van der Waals surface area contributed by atoms with Crippen LogP contribution in [0.2, 0.25) is 5.02 Å². The maximum absolute atomic E-state index is 12.6. The quantitative estimate of drug-likeness (QED) is 0.582. The molecule has 2 aromatic rings. The molecule has 1 saturated heterocycles. The van der Waals surface area contributed by atoms with Gasteiger partial charge in [0.1, 0.15) is 0 Å². The van der Waals surface area contributed by atoms with E-state index in [1.807, 2.05) is 0 Å². The molecule has 2 amide bonds. The Morgan fingerprint density at radius 2 is 1.76 bits per heavy atom. The number of nitrogens with zero attached hydrogens (tertiary/aromatic N) is 1. The van der Waals surface area contributed by atoms with Crippen LogP contribution in [0.1, 0.15) is 31.2 Å². The fourth-order valence-corrected chi connectivity index (χ4v) is 5.04. The molecule has 2 aliphatic rings. The summed E-state index contributed by atoms with van der Waals surface area (Å²) in [5.41, 5.74) is 1.000. The third kappa shape index (κ3) is 6.15. The van der Waals surface area contributed by atoms with Crippen LogP contribution in [0.5, 0.6) is 0 Å². The van der Waals surface area contributed by atoms with Crippen LogP contribution in [0.3, 0.4) is 0 Å². The van der Waals surface area contributed by atoms with Crippen LogP contribution in [-0.2, 0) is 19.6 Å². The van der Waals surface area contributed by atoms with Crippen molar-refractivity contribution in [3.05, 3.63) is 65.2 Å². The Balaban J connectivity index is 1.36. The molecule has 174 valence electrons. The van der Waals surface area contributed by atoms with Gasteiger partial charge >= 0.3 is 0 Å². The second-order valence-corrected chi connectivity index (χ2v) is 10.5. The van der Waals surface area contributed by atoms with Crippen molar-refractivity contribution in [2.45, 2.75) is 36.6 Å². The summed E-state index contributed by atoms with van der Waals surface area (Å²) in [4.78, 5) is 26.7. The molecular formula is C24H26ClN3O4S. The molecular weight excluding hydrogens is 462 g/mol. The van der Waals surface area contributed by atoms with Crippen molar-refractivity contribution in [1.82, 2.24) is 10.2 Å². The van der Waals surface area contributed by atoms with Gasteiger partial charge in [0, 0.05) is 25.2 Å². The number of anilines is 1. The van der Waals surface area contributed by atoms with Gasteiger partial charge < -0.3 is 10.2 Å². The molecule has 2 fully saturated rings. The van der Waals surface area contributed by atoms with E-state index in [4.69, 9.17) is 11.6 Å². The second kappa shape index (κ2) is 9.97. The Bertz CT molecular complexity index is 1160. The van der Waals surface area contributed by atoms with E-state index in [0.717, 1.165) is 25.7 Å². The average Bonchev–Trinajstić information content (AvgIpc) is 3.63. The second-order valence-electron chi connectivity index (χ2n) is 8.39. The third-order valence-electron chi connectivity index (χ3n) is 5.75. The number of rotatable bonds is 7. The number of sulfonamides is 1. The molecule has 1 saturated carbocycles. The molecule has 33 heavy (non-hydrogen) atoms. The monoisotopic (exact) mass is 487 g/mol. The summed E-state index contributed by atoms with van der Waals surface area (Å²) in [5.74, 6) is -0.274. The highest BCUT2D eigenvalue weighted by molar-refractivity contribution is 7.92. The number of likely N-dealkylation sites (tertiary alicyclic amines) is 1. The van der Waals surface area contributed by atoms with Gasteiger partial charge in [-0.2, -0.15) is 0 Å². The van der Waals surface area contributed by atoms with Gasteiger partial charge in [-0.3, -0.25) is 14.3 Å². The zero-order chi connectivity index (χ0) is 23.4. The summed E-state index contributed by atoms with van der Waals surface area (Å²) < 4.78 is 27.7. The third-order valence-corrected chi connectivity index (χ3v) is 7.47. The Hall–Kier alpha value is -2.84. The summed E-state index contributed by atoms with van der Waals surface area (Å²) >= 11 is 6.03. The molecule has 0 radical (unpaired) electrons. The topological polar surface area (TPSA) is 95.6 Å². The minimum Gasteiger partial charge on any atom is -0.353 e. The number of carbonyl (C=O) groups is 2. The molecule has 1 unspecified atom stereocenters. The Labute approximate surface area is 198 Å². The molecule has 2 N–H and O–H groups in total. The van der Waals surface area contributed by atoms with Gasteiger partial charge in [0.2, 0.25) is 11.8 Å². The zero-order valence-electron chi connectivity index (χ0n) is 18.0. The molecule has 0 bridgehead atoms. The lowest BCUT2D eigenvalue weighted by Crippen LogP contribution is -2.45. The van der Waals surface area contributed by atoms with E-state index in [0.29, 0.717) is 35.4 Å². The van der Waals surface area contributed by atoms with Gasteiger partial charge in [-0.15, -0.1) is 0 Å². The summed E-state index contributed by atoms with van der Waals surface area (Å²) in [6, 6.07) is 13.1. The smallest absolute Gasteiger partial charge is 0.261 e. The van der Waals surface area contributed by atoms with Crippen LogP contribution in [0, 0.1) is 5.92 Å². The molecule has 1 atom stereocenters. The lowest BCUT2D eigenvalue weighted by atomic mass is 9.97. The maximum atomic E-state index is 12.6. The number of piperidine rings is 1. The first-order valence-corrected chi connectivity index (χ1v) is 12.8. The number of para-hydroxylation sites is 1. The van der Waals surface area contributed by atoms with Crippen molar-refractivity contribution in [3.63, 3.8) is 0 Å². The van der Waals surface area contributed by atoms with Crippen molar-refractivity contribution < 1.29 is 18.0 Å². The number of nitrogens with one attached hydrogen (secondary N) is 2. The van der Waals surface area contributed by atoms with E-state index in [1.165, 1.54) is 18.2 Å². The SMILES string of the molecule is O=C(NC1CC1)C1CCCN(C(=O)/C=C/c2ccc(S(=O)(=O)Nc3ccccc3Cl)cc2)C1. The van der Waals surface area contributed by atoms with Gasteiger partial charge in [0.25, 0.3) is 10.0 Å². The van der Waals surface area contributed by atoms with Crippen LogP contribution >= 0.6 is 11.6 Å². The first-order valence-electron chi connectivity index (χ1n) is 11.0. The molecule has 2 aromatic carbocycles. The minimum absolute atomic E-state index is 0.0428. The standard InChI is InChI=1S/C24H26ClN3O4S/c25-21-5-1-2-6-22(21)27-33(31,32)20-12-7-17(8-13-20)9-14-23(29)28-15-3-4-18(16-28)24(30)26-19-10-11-19/h1-2,5-9,12-14,18-19,27H,3-4,10-11,15-16H2,(H,26,30)/b14-9+. The van der Waals surface area contributed by atoms with E-state index >= 15 is 0 Å². The number of hydrogen-bond donors (Lipinski definition) is 2. The molecule has 1 aliphatic carbocycles. The Morgan fingerprint density at radius 1 is 1.03 bits per heavy atom. The molecule has 9 heteroatoms. The molecule has 1 aliphatic heterocycles. The van der Waals surface area contributed by atoms with Gasteiger partial charge in [-0.25, -0.2) is 8.42 Å².